The number of benzene rings is 2. The third-order valence-corrected chi connectivity index (χ3v) is 11.5. The van der Waals surface area contributed by atoms with Crippen molar-refractivity contribution in [3.8, 4) is 17.2 Å². The molecule has 260 valence electrons. The molecule has 7 rings (SSSR count). The zero-order valence-corrected chi connectivity index (χ0v) is 30.0. The van der Waals surface area contributed by atoms with Gasteiger partial charge in [0, 0.05) is 54.0 Å². The number of carbonyl (C=O) groups excluding carboxylic acids is 2. The number of halogens is 1. The second kappa shape index (κ2) is 11.8. The van der Waals surface area contributed by atoms with Gasteiger partial charge in [0.25, 0.3) is 5.56 Å². The van der Waals surface area contributed by atoms with Crippen LogP contribution in [0.2, 0.25) is 0 Å². The van der Waals surface area contributed by atoms with Crippen LogP contribution in [0.1, 0.15) is 50.4 Å². The van der Waals surface area contributed by atoms with Crippen LogP contribution < -0.4 is 26.4 Å². The maximum atomic E-state index is 14.2. The quantitative estimate of drug-likeness (QED) is 0.292. The van der Waals surface area contributed by atoms with Gasteiger partial charge in [0.1, 0.15) is 11.4 Å². The van der Waals surface area contributed by atoms with Crippen molar-refractivity contribution in [1.29, 1.82) is 0 Å². The Labute approximate surface area is 294 Å². The normalized spacial score (nSPS) is 23.0. The summed E-state index contributed by atoms with van der Waals surface area (Å²) in [5.74, 6) is -1.12. The molecule has 4 aromatic rings. The molecular weight excluding hydrogens is 710 g/mol. The molecule has 50 heavy (non-hydrogen) atoms. The van der Waals surface area contributed by atoms with Crippen LogP contribution in [0.5, 0.6) is 17.2 Å². The Morgan fingerprint density at radius 1 is 1.00 bits per heavy atom. The number of phenolic OH excluding ortho intramolecular Hbond substituents is 1. The summed E-state index contributed by atoms with van der Waals surface area (Å²) >= 11 is 3.49. The van der Waals surface area contributed by atoms with Crippen molar-refractivity contribution in [2.45, 2.75) is 58.7 Å². The number of hydrogen-bond acceptors (Lipinski definition) is 9. The first kappa shape index (κ1) is 33.5. The number of carbonyl (C=O) groups is 2. The van der Waals surface area contributed by atoms with Crippen molar-refractivity contribution in [3.05, 3.63) is 100 Å². The van der Waals surface area contributed by atoms with Crippen LogP contribution in [0.25, 0.3) is 11.0 Å². The first-order valence-electron chi connectivity index (χ1n) is 16.2. The fourth-order valence-electron chi connectivity index (χ4n) is 8.27. The highest BCUT2D eigenvalue weighted by Crippen LogP contribution is 2.61. The molecular formula is C36H36BrN5O8. The lowest BCUT2D eigenvalue weighted by Gasteiger charge is -2.53. The van der Waals surface area contributed by atoms with Crippen LogP contribution in [0.4, 0.5) is 0 Å². The van der Waals surface area contributed by atoms with Gasteiger partial charge in [0.05, 0.1) is 43.3 Å². The number of aromatic hydroxyl groups is 1. The average molecular weight is 747 g/mol. The molecule has 1 fully saturated rings. The first-order chi connectivity index (χ1) is 23.7. The van der Waals surface area contributed by atoms with Crippen molar-refractivity contribution in [2.24, 2.45) is 18.4 Å². The van der Waals surface area contributed by atoms with Gasteiger partial charge in [-0.1, -0.05) is 28.9 Å². The van der Waals surface area contributed by atoms with Crippen molar-refractivity contribution < 1.29 is 24.2 Å². The minimum absolute atomic E-state index is 0.00738. The van der Waals surface area contributed by atoms with E-state index >= 15 is 0 Å². The summed E-state index contributed by atoms with van der Waals surface area (Å²) in [6, 6.07) is 7.53. The van der Waals surface area contributed by atoms with E-state index in [9.17, 15) is 29.1 Å². The van der Waals surface area contributed by atoms with Crippen molar-refractivity contribution >= 4 is 38.5 Å². The number of hydrogen-bond donors (Lipinski definition) is 1. The van der Waals surface area contributed by atoms with E-state index in [4.69, 9.17) is 9.47 Å². The smallest absolute Gasteiger partial charge is 0.347 e. The lowest BCUT2D eigenvalue weighted by atomic mass is 9.50. The minimum atomic E-state index is -1.25. The molecule has 4 atom stereocenters. The third kappa shape index (κ3) is 4.63. The molecule has 2 aliphatic carbocycles. The molecule has 0 spiro atoms. The lowest BCUT2D eigenvalue weighted by molar-refractivity contribution is -0.140. The standard InChI is InChI=1S/C36H36BrN5O8/c1-17-18(2)32(45)36(3)22(31(17)44)14-25-20(30(36)21-13-19(37)7-8-27(21)43)9-12-41-34(47)40(35(48)42(25)41)11-10-23-33(46)39(4)26-16-29(50-6)28(49-5)15-24(26)38-23/h7-9,13,15-16,22,25,30,43H,10-12,14H2,1-6H3/t22-,25+,30+,36+/m0/s1. The molecule has 0 radical (unpaired) electrons. The molecule has 1 saturated carbocycles. The Morgan fingerprint density at radius 2 is 1.70 bits per heavy atom. The maximum absolute atomic E-state index is 14.2. The van der Waals surface area contributed by atoms with Crippen molar-refractivity contribution in [1.82, 2.24) is 23.5 Å². The van der Waals surface area contributed by atoms with E-state index in [2.05, 4.69) is 20.9 Å². The summed E-state index contributed by atoms with van der Waals surface area (Å²) in [5.41, 5.74) is 0.259. The number of nitrogens with zero attached hydrogens (tertiary/aromatic N) is 5. The van der Waals surface area contributed by atoms with Gasteiger partial charge in [0.15, 0.2) is 23.1 Å². The van der Waals surface area contributed by atoms with Crippen molar-refractivity contribution in [3.63, 3.8) is 0 Å². The lowest BCUT2D eigenvalue weighted by Crippen LogP contribution is -2.55. The van der Waals surface area contributed by atoms with Gasteiger partial charge < -0.3 is 19.1 Å². The van der Waals surface area contributed by atoms with Crippen LogP contribution in [0, 0.1) is 11.3 Å². The SMILES string of the molecule is COc1cc2nc(CCn3c(=O)n4n(c3=O)[C@@H]3C[C@H]5C(=O)C(C)=C(C)C(=O)[C@@]5(C)[C@@H](c5cc(Br)ccc5O)C3=CC4)c(=O)n(C)c2cc1OC. The highest BCUT2D eigenvalue weighted by molar-refractivity contribution is 9.10. The topological polar surface area (TPSA) is 157 Å². The van der Waals surface area contributed by atoms with Crippen LogP contribution in [0.15, 0.2) is 72.0 Å². The first-order valence-corrected chi connectivity index (χ1v) is 17.0. The summed E-state index contributed by atoms with van der Waals surface area (Å²) < 4.78 is 16.7. The number of ether oxygens (including phenoxy) is 2. The highest BCUT2D eigenvalue weighted by Gasteiger charge is 2.60. The number of rotatable bonds is 6. The molecule has 3 heterocycles. The molecule has 0 bridgehead atoms. The highest BCUT2D eigenvalue weighted by atomic mass is 79.9. The van der Waals surface area contributed by atoms with Gasteiger partial charge in [-0.3, -0.25) is 14.4 Å². The van der Waals surface area contributed by atoms with Gasteiger partial charge in [-0.2, -0.15) is 0 Å². The van der Waals surface area contributed by atoms with E-state index < -0.39 is 34.7 Å². The van der Waals surface area contributed by atoms with Crippen LogP contribution in [-0.4, -0.2) is 54.4 Å². The number of allylic oxidation sites excluding steroid dienone is 4. The largest absolute Gasteiger partial charge is 0.508 e. The molecule has 3 aliphatic rings. The minimum Gasteiger partial charge on any atom is -0.508 e. The average Bonchev–Trinajstić information content (AvgIpc) is 3.35. The Morgan fingerprint density at radius 3 is 2.40 bits per heavy atom. The maximum Gasteiger partial charge on any atom is 0.347 e. The molecule has 1 aliphatic heterocycles. The fourth-order valence-corrected chi connectivity index (χ4v) is 8.65. The zero-order valence-electron chi connectivity index (χ0n) is 28.4. The van der Waals surface area contributed by atoms with Gasteiger partial charge in [-0.05, 0) is 55.2 Å². The van der Waals surface area contributed by atoms with Gasteiger partial charge in [0.2, 0.25) is 0 Å². The Kier molecular flexibility index (Phi) is 7.92. The molecule has 2 aromatic heterocycles. The molecule has 0 amide bonds. The van der Waals surface area contributed by atoms with Crippen LogP contribution >= 0.6 is 15.9 Å². The number of phenols is 1. The summed E-state index contributed by atoms with van der Waals surface area (Å²) in [4.78, 5) is 74.1. The van der Waals surface area contributed by atoms with E-state index in [0.717, 1.165) is 4.57 Å². The predicted molar refractivity (Wildman–Crippen MR) is 187 cm³/mol. The van der Waals surface area contributed by atoms with E-state index in [1.54, 1.807) is 52.1 Å². The number of fused-ring (bicyclic) bond motifs is 5. The summed E-state index contributed by atoms with van der Waals surface area (Å²) in [5, 5.41) is 11.2. The van der Waals surface area contributed by atoms with E-state index in [1.807, 2.05) is 6.08 Å². The summed E-state index contributed by atoms with van der Waals surface area (Å²) in [7, 11) is 4.61. The summed E-state index contributed by atoms with van der Waals surface area (Å²) in [6.45, 7) is 4.98. The van der Waals surface area contributed by atoms with Crippen LogP contribution in [0.3, 0.4) is 0 Å². The second-order valence-electron chi connectivity index (χ2n) is 13.4. The summed E-state index contributed by atoms with van der Waals surface area (Å²) in [6.07, 6.45) is 1.94. The Balaban J connectivity index is 1.32. The molecule has 14 heteroatoms. The molecule has 0 unspecified atom stereocenters. The molecule has 1 N–H and O–H groups in total. The third-order valence-electron chi connectivity index (χ3n) is 11.0. The molecule has 2 aromatic carbocycles. The predicted octanol–water partition coefficient (Wildman–Crippen LogP) is 3.57. The van der Waals surface area contributed by atoms with Gasteiger partial charge in [-0.25, -0.2) is 28.5 Å². The number of aryl methyl sites for hydroxylation is 2. The number of methoxy groups -OCH3 is 2. The number of Topliss-reactive ketones (excluding diaryl/α,β-unsaturated/α-hetero) is 2. The van der Waals surface area contributed by atoms with Gasteiger partial charge >= 0.3 is 11.4 Å². The monoisotopic (exact) mass is 745 g/mol. The second-order valence-corrected chi connectivity index (χ2v) is 14.3. The van der Waals surface area contributed by atoms with Crippen molar-refractivity contribution in [2.75, 3.05) is 14.2 Å². The molecule has 0 saturated heterocycles. The Bertz CT molecular complexity index is 2410. The molecule has 13 nitrogen and oxygen atoms in total. The number of ketones is 2. The Hall–Kier alpha value is -4.98. The number of aromatic nitrogens is 5. The van der Waals surface area contributed by atoms with Gasteiger partial charge in [-0.15, -0.1) is 0 Å². The zero-order chi connectivity index (χ0) is 36.0. The fraction of sp³-hybridized carbons (Fsp3) is 0.389. The van der Waals surface area contributed by atoms with E-state index in [-0.39, 0.29) is 54.5 Å². The van der Waals surface area contributed by atoms with E-state index in [0.29, 0.717) is 49.3 Å². The van der Waals surface area contributed by atoms with Crippen LogP contribution in [-0.2, 0) is 36.1 Å². The van der Waals surface area contributed by atoms with E-state index in [1.165, 1.54) is 34.2 Å².